The molecule has 42 heteroatoms. The Morgan fingerprint density at radius 1 is 0.659 bits per heavy atom. The molecule has 3 saturated heterocycles. The van der Waals surface area contributed by atoms with Gasteiger partial charge in [-0.3, -0.25) is 53.1 Å². The predicted molar refractivity (Wildman–Crippen MR) is 318 cm³/mol. The number of aryl methyl sites for hydroxylation is 1. The van der Waals surface area contributed by atoms with E-state index in [-0.39, 0.29) is 83.2 Å². The Morgan fingerprint density at radius 2 is 1.10 bits per heavy atom. The standard InChI is InChI=1S/C18H18N8O7S3.C15H14N4O6S2.C13H13N5O5S2/c1-25-18(22-12(28)13(29)23-25)36-4-6-3-34-15-9(14(30)26(15)10(6)16(31)32)21-11(27)8(24-33-2)7-5-35-17(19)20-7;16-15-17-7(5-27-15)6(1-2-9(20)21)11(22)18-10-12(23)19-8(14(24)25)3-4-26-13(10)19;1-23-17-7(5-4-25-13(14)15-5)9(19)16-8-10(20)18-6(12(21)22)2-3-24-11(8)18/h5,9,15H,3-4H2,1-2H3,(H2,19,20)(H,21,27)(H,23,29)(H,31,32);1,3,5,10,13H,2,4H2,(H2,16,17)(H,18,22)(H,20,21)(H,24,25);2,4,8,11H,3H2,1H3,(H2,14,15)(H,16,19)(H,21,22)/b24-8-;6-1-;17-7-/t9-,15-;10-,13-;8-,11-/m111/s1. The molecule has 10 heterocycles. The molecule has 0 radical (unpaired) electrons. The van der Waals surface area contributed by atoms with E-state index in [4.69, 9.17) is 37.4 Å². The van der Waals surface area contributed by atoms with Crippen LogP contribution in [-0.2, 0) is 64.7 Å². The van der Waals surface area contributed by atoms with Gasteiger partial charge in [-0.1, -0.05) is 28.1 Å². The van der Waals surface area contributed by atoms with Gasteiger partial charge in [-0.2, -0.15) is 4.98 Å². The summed E-state index contributed by atoms with van der Waals surface area (Å²) in [5.74, 6) is -8.09. The second-order valence-corrected chi connectivity index (χ2v) is 24.8. The first-order chi connectivity index (χ1) is 41.8. The molecule has 3 fully saturated rings. The maximum Gasteiger partial charge on any atom is 0.352 e. The molecule has 464 valence electrons. The fourth-order valence-corrected chi connectivity index (χ4v) is 15.0. The molecule has 0 bridgehead atoms. The van der Waals surface area contributed by atoms with Crippen molar-refractivity contribution < 1.29 is 83.2 Å². The van der Waals surface area contributed by atoms with Crippen molar-refractivity contribution in [3.63, 3.8) is 0 Å². The average Bonchev–Trinajstić information content (AvgIpc) is 1.85. The Labute approximate surface area is 521 Å². The molecule has 35 nitrogen and oxygen atoms in total. The second kappa shape index (κ2) is 27.7. The van der Waals surface area contributed by atoms with Crippen molar-refractivity contribution in [3.05, 3.63) is 84.5 Å². The van der Waals surface area contributed by atoms with Crippen LogP contribution in [0, 0.1) is 0 Å². The van der Waals surface area contributed by atoms with Crippen LogP contribution in [0.25, 0.3) is 5.57 Å². The number of oxime groups is 2. The number of rotatable bonds is 19. The predicted octanol–water partition coefficient (Wildman–Crippen LogP) is -1.80. The third-order valence-corrected chi connectivity index (χ3v) is 19.2. The number of nitrogens with two attached hydrogens (primary N) is 3. The molecule has 0 aromatic carbocycles. The second-order valence-electron chi connectivity index (χ2n) is 17.8. The van der Waals surface area contributed by atoms with E-state index in [9.17, 15) is 63.0 Å². The summed E-state index contributed by atoms with van der Waals surface area (Å²) in [5, 5.41) is 68.8. The van der Waals surface area contributed by atoms with Crippen molar-refractivity contribution in [2.45, 2.75) is 45.8 Å². The summed E-state index contributed by atoms with van der Waals surface area (Å²) in [7, 11) is 4.00. The molecule has 14 N–H and O–H groups in total. The third kappa shape index (κ3) is 13.8. The van der Waals surface area contributed by atoms with E-state index >= 15 is 0 Å². The monoisotopic (exact) mass is 1350 g/mol. The summed E-state index contributed by atoms with van der Waals surface area (Å²) in [5.41, 5.74) is 16.2. The largest absolute Gasteiger partial charge is 0.488 e. The highest BCUT2D eigenvalue weighted by Gasteiger charge is 2.56. The first-order valence-corrected chi connectivity index (χ1v) is 31.3. The van der Waals surface area contributed by atoms with Crippen molar-refractivity contribution >= 4 is 173 Å². The lowest BCUT2D eigenvalue weighted by molar-refractivity contribution is -0.150. The van der Waals surface area contributed by atoms with Gasteiger partial charge in [0.25, 0.3) is 41.3 Å². The maximum atomic E-state index is 12.9. The van der Waals surface area contributed by atoms with Crippen molar-refractivity contribution in [1.29, 1.82) is 0 Å². The van der Waals surface area contributed by atoms with Crippen molar-refractivity contribution in [2.75, 3.05) is 54.4 Å². The number of carbonyl (C=O) groups excluding carboxylic acids is 6. The van der Waals surface area contributed by atoms with Crippen LogP contribution in [0.5, 0.6) is 5.88 Å². The minimum Gasteiger partial charge on any atom is -0.488 e. The van der Waals surface area contributed by atoms with Crippen LogP contribution in [0.2, 0.25) is 0 Å². The van der Waals surface area contributed by atoms with Crippen LogP contribution in [0.15, 0.2) is 77.3 Å². The van der Waals surface area contributed by atoms with Gasteiger partial charge in [-0.15, -0.1) is 74.4 Å². The Bertz CT molecular complexity index is 3820. The molecule has 0 spiro atoms. The van der Waals surface area contributed by atoms with E-state index in [1.165, 1.54) is 90.2 Å². The zero-order chi connectivity index (χ0) is 64.0. The van der Waals surface area contributed by atoms with Crippen LogP contribution in [0.3, 0.4) is 0 Å². The van der Waals surface area contributed by atoms with Gasteiger partial charge in [0.15, 0.2) is 32.0 Å². The van der Waals surface area contributed by atoms with Crippen LogP contribution in [0.4, 0.5) is 15.4 Å². The van der Waals surface area contributed by atoms with Gasteiger partial charge >= 0.3 is 29.4 Å². The number of β-lactam (4-membered cyclic amide) rings is 3. The zero-order valence-electron chi connectivity index (χ0n) is 45.0. The molecule has 6 aliphatic rings. The lowest BCUT2D eigenvalue weighted by Gasteiger charge is -2.49. The van der Waals surface area contributed by atoms with Crippen molar-refractivity contribution in [1.82, 2.24) is 60.4 Å². The molecular formula is C46H45N17O18S7. The van der Waals surface area contributed by atoms with E-state index in [2.05, 4.69) is 56.1 Å². The summed E-state index contributed by atoms with van der Waals surface area (Å²) in [6.07, 6.45) is 3.70. The number of hydrogen-bond donors (Lipinski definition) is 11. The number of thioether (sulfide) groups is 4. The van der Waals surface area contributed by atoms with Crippen LogP contribution in [0.1, 0.15) is 23.5 Å². The Morgan fingerprint density at radius 3 is 1.52 bits per heavy atom. The van der Waals surface area contributed by atoms with Crippen LogP contribution >= 0.6 is 81.1 Å². The number of nitrogens with one attached hydrogen (secondary N) is 3. The number of anilines is 3. The van der Waals surface area contributed by atoms with Crippen molar-refractivity contribution in [3.8, 4) is 5.88 Å². The van der Waals surface area contributed by atoms with Crippen molar-refractivity contribution in [2.24, 2.45) is 17.4 Å². The quantitative estimate of drug-likeness (QED) is 0.0162. The molecular weight excluding hydrogens is 1300 g/mol. The molecule has 6 atom stereocenters. The number of hydrogen-bond acceptors (Lipinski definition) is 31. The van der Waals surface area contributed by atoms with Gasteiger partial charge < -0.3 is 68.4 Å². The highest BCUT2D eigenvalue weighted by molar-refractivity contribution is 8.01. The number of aliphatic carboxylic acids is 4. The zero-order valence-corrected chi connectivity index (χ0v) is 50.7. The normalized spacial score (nSPS) is 21.1. The summed E-state index contributed by atoms with van der Waals surface area (Å²) >= 11 is 8.32. The Hall–Kier alpha value is -9.10. The molecule has 4 aromatic heterocycles. The first-order valence-electron chi connectivity index (χ1n) is 24.5. The van der Waals surface area contributed by atoms with E-state index in [1.54, 1.807) is 5.38 Å². The summed E-state index contributed by atoms with van der Waals surface area (Å²) in [4.78, 5) is 161. The number of aromatic nitrogens is 6. The number of amides is 6. The number of carboxylic acid groups (broad SMARTS) is 4. The lowest BCUT2D eigenvalue weighted by atomic mass is 10.0. The summed E-state index contributed by atoms with van der Waals surface area (Å²) in [6, 6.07) is -2.75. The molecule has 6 amide bonds. The van der Waals surface area contributed by atoms with E-state index in [1.807, 2.05) is 0 Å². The van der Waals surface area contributed by atoms with Gasteiger partial charge in [0, 0.05) is 46.2 Å². The molecule has 0 unspecified atom stereocenters. The molecule has 88 heavy (non-hydrogen) atoms. The number of nitrogens with zero attached hydrogens (tertiary/aromatic N) is 11. The van der Waals surface area contributed by atoms with Gasteiger partial charge in [0.2, 0.25) is 0 Å². The van der Waals surface area contributed by atoms with Crippen LogP contribution < -0.4 is 38.7 Å². The fourth-order valence-electron chi connectivity index (χ4n) is 8.52. The highest BCUT2D eigenvalue weighted by atomic mass is 32.2. The molecule has 4 aromatic rings. The Balaban J connectivity index is 0.000000175. The van der Waals surface area contributed by atoms with Gasteiger partial charge in [-0.25, -0.2) is 34.0 Å². The lowest BCUT2D eigenvalue weighted by Crippen LogP contribution is -2.71. The highest BCUT2D eigenvalue weighted by Crippen LogP contribution is 2.42. The molecule has 10 rings (SSSR count). The first kappa shape index (κ1) is 64.9. The smallest absolute Gasteiger partial charge is 0.352 e. The number of thiazole rings is 3. The summed E-state index contributed by atoms with van der Waals surface area (Å²) < 4.78 is 1.19. The number of nitrogen functional groups attached to an aromatic ring is 3. The molecule has 6 aliphatic heterocycles. The third-order valence-electron chi connectivity index (χ3n) is 12.4. The number of aromatic hydroxyl groups is 1. The minimum atomic E-state index is -1.31. The van der Waals surface area contributed by atoms with E-state index in [0.717, 1.165) is 60.5 Å². The Kier molecular flexibility index (Phi) is 20.4. The van der Waals surface area contributed by atoms with E-state index < -0.39 is 111 Å². The fraction of sp³-hybridized carbons (Fsp3) is 0.304. The number of fused-ring (bicyclic) bond motifs is 3. The van der Waals surface area contributed by atoms with Gasteiger partial charge in [-0.05, 0) is 17.7 Å². The van der Waals surface area contributed by atoms with Gasteiger partial charge in [0.05, 0.1) is 17.7 Å². The minimum absolute atomic E-state index is 0.00795. The average molecular weight is 1350 g/mol. The topological polar surface area (TPSA) is 525 Å². The van der Waals surface area contributed by atoms with Gasteiger partial charge in [0.1, 0.15) is 76.9 Å². The SMILES string of the molecule is CO/N=C(\C(=O)N[C@@H]1C(=O)N2C(C(=O)O)=C(CSc3nc(=O)c(O)nn3C)CS[C@H]12)c1csc(N)n1.CO/N=C(\C(=O)N[C@@H]1C(=O)N2C(C(=O)O)=CCS[C@H]12)c1csc(N)n1.Nc1nc(/C(=C/CC(=O)O)C(=O)N[C@@H]2C(=O)N3C(C(=O)O)=CCS[C@H]23)cs1. The van der Waals surface area contributed by atoms with Crippen LogP contribution in [-0.4, -0.2) is 212 Å². The van der Waals surface area contributed by atoms with E-state index in [0.29, 0.717) is 17.1 Å². The number of carbonyl (C=O) groups is 10. The summed E-state index contributed by atoms with van der Waals surface area (Å²) in [6.45, 7) is 0. The number of carboxylic acids is 4. The maximum absolute atomic E-state index is 12.9. The molecule has 0 saturated carbocycles. The molecule has 0 aliphatic carbocycles.